The fourth-order valence-corrected chi connectivity index (χ4v) is 8.46. The fraction of sp³-hybridized carbons (Fsp3) is 0.643. The number of fused-ring (bicyclic) bond motifs is 1. The van der Waals surface area contributed by atoms with Gasteiger partial charge >= 0.3 is 23.5 Å². The number of thioether (sulfide) groups is 1. The van der Waals surface area contributed by atoms with Crippen molar-refractivity contribution in [2.24, 2.45) is 5.41 Å². The van der Waals surface area contributed by atoms with Gasteiger partial charge in [0.15, 0.2) is 17.7 Å². The van der Waals surface area contributed by atoms with Crippen molar-refractivity contribution >= 4 is 69.1 Å². The van der Waals surface area contributed by atoms with Crippen LogP contribution in [0.3, 0.4) is 0 Å². The molecular weight excluding hydrogens is 847 g/mol. The topological polar surface area (TPSA) is 384 Å². The highest BCUT2D eigenvalue weighted by Gasteiger charge is 2.50. The van der Waals surface area contributed by atoms with Crippen LogP contribution in [0.4, 0.5) is 5.82 Å². The molecule has 0 radical (unpaired) electrons. The summed E-state index contributed by atoms with van der Waals surface area (Å²) in [6.45, 7) is 2.12. The number of hydrogen-bond donors (Lipinski definition) is 10. The molecule has 3 rings (SSSR count). The van der Waals surface area contributed by atoms with Gasteiger partial charge in [0.05, 0.1) is 19.5 Å². The molecule has 322 valence electrons. The maximum atomic E-state index is 12.7. The number of allylic oxidation sites excluding steroid dienone is 2. The molecule has 1 saturated heterocycles. The predicted molar refractivity (Wildman–Crippen MR) is 197 cm³/mol. The Hall–Kier alpha value is -2.74. The molecule has 8 unspecified atom stereocenters. The molecule has 2 aromatic heterocycles. The number of nitrogens with one attached hydrogen (secondary N) is 2. The molecule has 25 nitrogen and oxygen atoms in total. The maximum absolute atomic E-state index is 12.7. The van der Waals surface area contributed by atoms with Gasteiger partial charge in [0, 0.05) is 30.7 Å². The van der Waals surface area contributed by atoms with Crippen LogP contribution in [0.15, 0.2) is 24.8 Å². The highest BCUT2D eigenvalue weighted by molar-refractivity contribution is 8.13. The van der Waals surface area contributed by atoms with Crippen LogP contribution in [0, 0.1) is 5.41 Å². The van der Waals surface area contributed by atoms with Crippen LogP contribution in [0.1, 0.15) is 46.3 Å². The summed E-state index contributed by atoms with van der Waals surface area (Å²) in [5.74, 6) is -1.34. The average Bonchev–Trinajstić information content (AvgIpc) is 3.68. The molecular formula is C28H46N7O18P3S. The highest BCUT2D eigenvalue weighted by atomic mass is 32.2. The first-order valence-corrected chi connectivity index (χ1v) is 22.3. The number of nitrogens with zero attached hydrogens (tertiary/aromatic N) is 4. The Balaban J connectivity index is 1.47. The molecule has 1 aliphatic rings. The van der Waals surface area contributed by atoms with Gasteiger partial charge in [-0.25, -0.2) is 28.6 Å². The Kier molecular flexibility index (Phi) is 17.9. The van der Waals surface area contributed by atoms with Crippen molar-refractivity contribution in [2.75, 3.05) is 37.8 Å². The number of imidazole rings is 1. The van der Waals surface area contributed by atoms with E-state index in [0.717, 1.165) is 29.0 Å². The highest BCUT2D eigenvalue weighted by Crippen LogP contribution is 2.61. The van der Waals surface area contributed by atoms with Crippen molar-refractivity contribution in [1.82, 2.24) is 30.2 Å². The first-order chi connectivity index (χ1) is 26.5. The van der Waals surface area contributed by atoms with Gasteiger partial charge in [-0.2, -0.15) is 4.31 Å². The largest absolute Gasteiger partial charge is 0.481 e. The number of rotatable bonds is 23. The molecule has 1 aliphatic heterocycles. The van der Waals surface area contributed by atoms with E-state index in [1.54, 1.807) is 6.08 Å². The summed E-state index contributed by atoms with van der Waals surface area (Å²) in [5.41, 5.74) is 4.23. The first-order valence-electron chi connectivity index (χ1n) is 16.8. The van der Waals surface area contributed by atoms with E-state index in [1.165, 1.54) is 13.8 Å². The molecule has 1 fully saturated rings. The SMILES string of the molecule is C/C=C/CCC(O)C(=O)SCCNC(=O)CCNC(=O)C(O)C(C)(C)COP(=O)(O)OP(=O)(O)OCC1OC(n2cnc3c(N)ncnc32)C(O)C1OP(=O)(O)O. The van der Waals surface area contributed by atoms with Crippen LogP contribution in [-0.2, 0) is 50.7 Å². The number of phosphoric ester groups is 3. The van der Waals surface area contributed by atoms with E-state index in [4.69, 9.17) is 19.5 Å². The molecule has 0 bridgehead atoms. The van der Waals surface area contributed by atoms with Gasteiger partial charge in [0.25, 0.3) is 0 Å². The molecule has 0 aromatic carbocycles. The molecule has 29 heteroatoms. The zero-order chi connectivity index (χ0) is 42.8. The number of nitrogens with two attached hydrogens (primary N) is 1. The number of hydrogen-bond acceptors (Lipinski definition) is 19. The first kappa shape index (κ1) is 48.6. The normalized spacial score (nSPS) is 22.2. The number of phosphoric acid groups is 3. The molecule has 3 heterocycles. The number of aliphatic hydroxyl groups is 3. The van der Waals surface area contributed by atoms with Gasteiger partial charge in [-0.05, 0) is 19.8 Å². The second-order valence-corrected chi connectivity index (χ2v) is 18.2. The van der Waals surface area contributed by atoms with Gasteiger partial charge in [-0.1, -0.05) is 37.8 Å². The van der Waals surface area contributed by atoms with Gasteiger partial charge in [0.1, 0.15) is 42.4 Å². The second kappa shape index (κ2) is 21.0. The molecule has 2 amide bonds. The van der Waals surface area contributed by atoms with Crippen molar-refractivity contribution in [2.45, 2.75) is 76.8 Å². The molecule has 57 heavy (non-hydrogen) atoms. The third kappa shape index (κ3) is 15.1. The molecule has 0 saturated carbocycles. The van der Waals surface area contributed by atoms with Crippen LogP contribution in [0.2, 0.25) is 0 Å². The lowest BCUT2D eigenvalue weighted by atomic mass is 9.87. The standard InChI is InChI=1S/C28H46N7O18P3S/c1-4-5-6-7-16(36)27(41)57-11-10-30-18(37)8-9-31-25(40)22(39)28(2,3)13-50-56(47,48)53-55(45,46)49-12-17-21(52-54(42,43)44)20(38)26(51-17)35-15-34-19-23(29)32-14-33-24(19)35/h4-5,14-17,20-22,26,36,38-39H,6-13H2,1-3H3,(H,30,37)(H,31,40)(H,45,46)(H,47,48)(H2,29,32,33)(H2,42,43,44)/b5-4+. The van der Waals surface area contributed by atoms with Crippen LogP contribution in [0.25, 0.3) is 11.2 Å². The fourth-order valence-electron chi connectivity index (χ4n) is 4.92. The summed E-state index contributed by atoms with van der Waals surface area (Å²) in [5, 5.41) is 35.7. The van der Waals surface area contributed by atoms with Crippen LogP contribution in [0.5, 0.6) is 0 Å². The third-order valence-electron chi connectivity index (χ3n) is 7.86. The Labute approximate surface area is 329 Å². The molecule has 0 spiro atoms. The number of nitrogen functional groups attached to an aromatic ring is 1. The Morgan fingerprint density at radius 2 is 1.75 bits per heavy atom. The van der Waals surface area contributed by atoms with E-state index >= 15 is 0 Å². The summed E-state index contributed by atoms with van der Waals surface area (Å²) in [6, 6.07) is 0. The Morgan fingerprint density at radius 3 is 2.42 bits per heavy atom. The van der Waals surface area contributed by atoms with E-state index in [-0.39, 0.29) is 48.7 Å². The zero-order valence-electron chi connectivity index (χ0n) is 30.7. The van der Waals surface area contributed by atoms with E-state index in [2.05, 4.69) is 34.4 Å². The lowest BCUT2D eigenvalue weighted by Crippen LogP contribution is -2.46. The van der Waals surface area contributed by atoms with E-state index < -0.39 is 95.8 Å². The summed E-state index contributed by atoms with van der Waals surface area (Å²) in [4.78, 5) is 87.5. The molecule has 11 N–H and O–H groups in total. The van der Waals surface area contributed by atoms with Gasteiger partial charge in [-0.15, -0.1) is 0 Å². The van der Waals surface area contributed by atoms with E-state index in [0.29, 0.717) is 6.42 Å². The maximum Gasteiger partial charge on any atom is 0.481 e. The summed E-state index contributed by atoms with van der Waals surface area (Å²) in [6.07, 6.45) is -3.70. The lowest BCUT2D eigenvalue weighted by molar-refractivity contribution is -0.137. The van der Waals surface area contributed by atoms with E-state index in [9.17, 15) is 63.0 Å². The van der Waals surface area contributed by atoms with Crippen molar-refractivity contribution < 1.29 is 85.6 Å². The quantitative estimate of drug-likeness (QED) is 0.0377. The van der Waals surface area contributed by atoms with Gasteiger partial charge in [-0.3, -0.25) is 32.5 Å². The van der Waals surface area contributed by atoms with Crippen molar-refractivity contribution in [1.29, 1.82) is 0 Å². The monoisotopic (exact) mass is 893 g/mol. The van der Waals surface area contributed by atoms with Crippen molar-refractivity contribution in [3.63, 3.8) is 0 Å². The van der Waals surface area contributed by atoms with Crippen LogP contribution < -0.4 is 16.4 Å². The number of ether oxygens (including phenoxy) is 1. The van der Waals surface area contributed by atoms with Crippen LogP contribution >= 0.6 is 35.2 Å². The predicted octanol–water partition coefficient (Wildman–Crippen LogP) is -0.618. The number of carbonyl (C=O) groups excluding carboxylic acids is 3. The number of aliphatic hydroxyl groups excluding tert-OH is 3. The minimum absolute atomic E-state index is 0.0249. The molecule has 2 aromatic rings. The summed E-state index contributed by atoms with van der Waals surface area (Å²) in [7, 11) is -16.4. The smallest absolute Gasteiger partial charge is 0.386 e. The zero-order valence-corrected chi connectivity index (χ0v) is 34.2. The Bertz CT molecular complexity index is 1880. The van der Waals surface area contributed by atoms with Crippen molar-refractivity contribution in [3.05, 3.63) is 24.8 Å². The molecule has 0 aliphatic carbocycles. The van der Waals surface area contributed by atoms with Gasteiger partial charge < -0.3 is 56.0 Å². The minimum atomic E-state index is -5.58. The number of amides is 2. The van der Waals surface area contributed by atoms with Crippen LogP contribution in [-0.4, -0.2) is 134 Å². The molecule has 8 atom stereocenters. The van der Waals surface area contributed by atoms with Crippen molar-refractivity contribution in [3.8, 4) is 0 Å². The lowest BCUT2D eigenvalue weighted by Gasteiger charge is -2.30. The third-order valence-corrected chi connectivity index (χ3v) is 11.9. The average molecular weight is 894 g/mol. The number of carbonyl (C=O) groups is 3. The number of aromatic nitrogens is 4. The minimum Gasteiger partial charge on any atom is -0.386 e. The Morgan fingerprint density at radius 1 is 1.07 bits per heavy atom. The van der Waals surface area contributed by atoms with Gasteiger partial charge in [0.2, 0.25) is 16.9 Å². The summed E-state index contributed by atoms with van der Waals surface area (Å²) >= 11 is 0.862. The van der Waals surface area contributed by atoms with E-state index in [1.807, 2.05) is 13.0 Å². The summed E-state index contributed by atoms with van der Waals surface area (Å²) < 4.78 is 62.1. The number of anilines is 1. The second-order valence-electron chi connectivity index (χ2n) is 12.9.